The van der Waals surface area contributed by atoms with E-state index in [4.69, 9.17) is 0 Å². The zero-order valence-corrected chi connectivity index (χ0v) is 17.2. The number of benzene rings is 2. The summed E-state index contributed by atoms with van der Waals surface area (Å²) in [5.41, 5.74) is 2.16. The maximum Gasteiger partial charge on any atom is 0.284 e. The van der Waals surface area contributed by atoms with Crippen molar-refractivity contribution < 1.29 is 22.5 Å². The van der Waals surface area contributed by atoms with Crippen molar-refractivity contribution >= 4 is 21.6 Å². The largest absolute Gasteiger partial charge is 0.323 e. The molecule has 0 aliphatic carbocycles. The Bertz CT molecular complexity index is 1020. The minimum absolute atomic E-state index is 0.0651. The molecule has 1 N–H and O–H groups in total. The van der Waals surface area contributed by atoms with E-state index in [0.717, 1.165) is 23.1 Å². The zero-order chi connectivity index (χ0) is 20.6. The fourth-order valence-electron chi connectivity index (χ4n) is 4.22. The molecule has 154 valence electrons. The number of carbonyl (C=O) groups is 1. The Labute approximate surface area is 170 Å². The van der Waals surface area contributed by atoms with Gasteiger partial charge in [-0.15, -0.1) is 0 Å². The fraction of sp³-hybridized carbons (Fsp3) is 0.381. The number of nitrogens with zero attached hydrogens (tertiary/aromatic N) is 2. The minimum atomic E-state index is -3.87. The van der Waals surface area contributed by atoms with Crippen molar-refractivity contribution in [1.82, 2.24) is 4.31 Å². The first kappa shape index (κ1) is 20.0. The summed E-state index contributed by atoms with van der Waals surface area (Å²) >= 11 is 0. The van der Waals surface area contributed by atoms with Crippen molar-refractivity contribution in [3.8, 4) is 0 Å². The Morgan fingerprint density at radius 1 is 1.03 bits per heavy atom. The highest BCUT2D eigenvalue weighted by Gasteiger charge is 2.38. The summed E-state index contributed by atoms with van der Waals surface area (Å²) in [6, 6.07) is 13.1. The maximum atomic E-state index is 14.0. The van der Waals surface area contributed by atoms with Crippen LogP contribution in [0.25, 0.3) is 0 Å². The fourth-order valence-corrected chi connectivity index (χ4v) is 5.72. The van der Waals surface area contributed by atoms with Gasteiger partial charge >= 0.3 is 0 Å². The van der Waals surface area contributed by atoms with Gasteiger partial charge in [-0.2, -0.15) is 4.31 Å². The van der Waals surface area contributed by atoms with E-state index >= 15 is 0 Å². The van der Waals surface area contributed by atoms with E-state index in [0.29, 0.717) is 19.6 Å². The van der Waals surface area contributed by atoms with Crippen LogP contribution in [0.3, 0.4) is 0 Å². The molecule has 2 aromatic rings. The molecule has 0 radical (unpaired) electrons. The van der Waals surface area contributed by atoms with E-state index in [1.165, 1.54) is 28.1 Å². The molecule has 6 nitrogen and oxygen atoms in total. The van der Waals surface area contributed by atoms with Gasteiger partial charge in [-0.05, 0) is 37.1 Å². The molecule has 1 saturated heterocycles. The molecule has 1 fully saturated rings. The number of quaternary nitrogens is 1. The number of halogens is 1. The lowest BCUT2D eigenvalue weighted by molar-refractivity contribution is -0.917. The molecule has 2 aliphatic rings. The van der Waals surface area contributed by atoms with Crippen LogP contribution in [-0.2, 0) is 21.2 Å². The van der Waals surface area contributed by atoms with Crippen LogP contribution in [0.5, 0.6) is 0 Å². The number of anilines is 1. The first-order chi connectivity index (χ1) is 13.9. The minimum Gasteiger partial charge on any atom is -0.323 e. The molecule has 0 spiro atoms. The van der Waals surface area contributed by atoms with Crippen molar-refractivity contribution in [3.05, 3.63) is 59.9 Å². The van der Waals surface area contributed by atoms with Gasteiger partial charge in [-0.1, -0.05) is 30.3 Å². The van der Waals surface area contributed by atoms with E-state index in [-0.39, 0.29) is 29.9 Å². The standard InChI is InChI=1S/C21H24FN3O3S/c1-16(21(26)25-11-10-17-6-2-4-8-19(17)25)23-12-14-24(15-13-23)29(27,28)20-9-5-3-7-18(20)22/h2-9,16H,10-15H2,1H3/p+1/t16-/m1/s1. The third kappa shape index (κ3) is 3.68. The zero-order valence-electron chi connectivity index (χ0n) is 16.3. The molecule has 2 aromatic carbocycles. The van der Waals surface area contributed by atoms with Crippen molar-refractivity contribution in [2.45, 2.75) is 24.3 Å². The van der Waals surface area contributed by atoms with Crippen LogP contribution in [-0.4, -0.2) is 57.4 Å². The van der Waals surface area contributed by atoms with E-state index in [1.807, 2.05) is 36.1 Å². The highest BCUT2D eigenvalue weighted by molar-refractivity contribution is 7.89. The molecule has 4 rings (SSSR count). The van der Waals surface area contributed by atoms with Crippen molar-refractivity contribution in [1.29, 1.82) is 0 Å². The number of piperazine rings is 1. The molecular formula is C21H25FN3O3S+. The van der Waals surface area contributed by atoms with Gasteiger partial charge in [0.15, 0.2) is 6.04 Å². The van der Waals surface area contributed by atoms with Crippen LogP contribution in [0.15, 0.2) is 53.4 Å². The highest BCUT2D eigenvalue weighted by atomic mass is 32.2. The van der Waals surface area contributed by atoms with E-state index in [9.17, 15) is 17.6 Å². The number of para-hydroxylation sites is 1. The number of hydrogen-bond acceptors (Lipinski definition) is 3. The summed E-state index contributed by atoms with van der Waals surface area (Å²) in [6.45, 7) is 4.13. The molecule has 1 atom stereocenters. The molecule has 1 amide bonds. The second-order valence-electron chi connectivity index (χ2n) is 7.58. The molecule has 2 aliphatic heterocycles. The van der Waals surface area contributed by atoms with Gasteiger partial charge in [-0.25, -0.2) is 12.8 Å². The van der Waals surface area contributed by atoms with Crippen molar-refractivity contribution in [2.75, 3.05) is 37.6 Å². The summed E-state index contributed by atoms with van der Waals surface area (Å²) in [6.07, 6.45) is 0.860. The summed E-state index contributed by atoms with van der Waals surface area (Å²) in [4.78, 5) is 15.7. The predicted octanol–water partition coefficient (Wildman–Crippen LogP) is 0.693. The number of fused-ring (bicyclic) bond motifs is 1. The van der Waals surface area contributed by atoms with Crippen molar-refractivity contribution in [2.24, 2.45) is 0 Å². The third-order valence-corrected chi connectivity index (χ3v) is 7.89. The number of nitrogens with one attached hydrogen (secondary N) is 1. The predicted molar refractivity (Wildman–Crippen MR) is 108 cm³/mol. The van der Waals surface area contributed by atoms with Gasteiger partial charge in [0.2, 0.25) is 10.0 Å². The molecule has 0 saturated carbocycles. The number of rotatable bonds is 4. The second-order valence-corrected chi connectivity index (χ2v) is 9.49. The maximum absolute atomic E-state index is 14.0. The number of sulfonamides is 1. The second kappa shape index (κ2) is 7.85. The summed E-state index contributed by atoms with van der Waals surface area (Å²) in [5, 5.41) is 0. The Hall–Kier alpha value is -2.29. The van der Waals surface area contributed by atoms with Crippen LogP contribution in [0.1, 0.15) is 12.5 Å². The van der Waals surface area contributed by atoms with Crippen LogP contribution in [0.2, 0.25) is 0 Å². The quantitative estimate of drug-likeness (QED) is 0.795. The lowest BCUT2D eigenvalue weighted by atomic mass is 10.1. The van der Waals surface area contributed by atoms with E-state index in [1.54, 1.807) is 0 Å². The molecule has 29 heavy (non-hydrogen) atoms. The monoisotopic (exact) mass is 418 g/mol. The highest BCUT2D eigenvalue weighted by Crippen LogP contribution is 2.27. The van der Waals surface area contributed by atoms with Crippen LogP contribution < -0.4 is 9.80 Å². The molecule has 0 bridgehead atoms. The van der Waals surface area contributed by atoms with Gasteiger partial charge < -0.3 is 9.80 Å². The molecule has 8 heteroatoms. The lowest BCUT2D eigenvalue weighted by Crippen LogP contribution is -3.19. The topological polar surface area (TPSA) is 62.1 Å². The van der Waals surface area contributed by atoms with Gasteiger partial charge in [0.1, 0.15) is 10.7 Å². The Morgan fingerprint density at radius 3 is 2.41 bits per heavy atom. The molecule has 2 heterocycles. The summed E-state index contributed by atoms with van der Waals surface area (Å²) in [7, 11) is -3.87. The average Bonchev–Trinajstić information content (AvgIpc) is 3.17. The first-order valence-electron chi connectivity index (χ1n) is 9.88. The van der Waals surface area contributed by atoms with Gasteiger partial charge in [0.05, 0.1) is 26.2 Å². The van der Waals surface area contributed by atoms with Gasteiger partial charge in [-0.3, -0.25) is 4.79 Å². The average molecular weight is 419 g/mol. The summed E-state index contributed by atoms with van der Waals surface area (Å²) in [5.74, 6) is -0.672. The lowest BCUT2D eigenvalue weighted by Gasteiger charge is -2.35. The molecular weight excluding hydrogens is 393 g/mol. The van der Waals surface area contributed by atoms with Crippen LogP contribution >= 0.6 is 0 Å². The first-order valence-corrected chi connectivity index (χ1v) is 11.3. The number of hydrogen-bond donors (Lipinski definition) is 1. The normalized spacial score (nSPS) is 19.2. The van der Waals surface area contributed by atoms with E-state index < -0.39 is 15.8 Å². The van der Waals surface area contributed by atoms with Gasteiger partial charge in [0.25, 0.3) is 5.91 Å². The van der Waals surface area contributed by atoms with E-state index in [2.05, 4.69) is 0 Å². The number of amides is 1. The summed E-state index contributed by atoms with van der Waals surface area (Å²) < 4.78 is 40.8. The Balaban J connectivity index is 1.42. The van der Waals surface area contributed by atoms with Gasteiger partial charge in [0, 0.05) is 12.2 Å². The SMILES string of the molecule is C[C@H](C(=O)N1CCc2ccccc21)[NH+]1CCN(S(=O)(=O)c2ccccc2F)CC1. The van der Waals surface area contributed by atoms with Crippen molar-refractivity contribution in [3.63, 3.8) is 0 Å². The van der Waals surface area contributed by atoms with Crippen LogP contribution in [0.4, 0.5) is 10.1 Å². The molecule has 0 aromatic heterocycles. The Kier molecular flexibility index (Phi) is 5.42. The van der Waals surface area contributed by atoms with Crippen LogP contribution in [0, 0.1) is 5.82 Å². The number of carbonyl (C=O) groups excluding carboxylic acids is 1. The third-order valence-electron chi connectivity index (χ3n) is 5.96. The molecule has 0 unspecified atom stereocenters. The smallest absolute Gasteiger partial charge is 0.284 e. The Morgan fingerprint density at radius 2 is 1.69 bits per heavy atom.